The number of benzene rings is 3. The van der Waals surface area contributed by atoms with Crippen LogP contribution in [0.25, 0.3) is 0 Å². The molecule has 0 saturated heterocycles. The molecule has 0 spiro atoms. The fraction of sp³-hybridized carbons (Fsp3) is 0.286. The van der Waals surface area contributed by atoms with Crippen molar-refractivity contribution in [3.63, 3.8) is 0 Å². The fourth-order valence-corrected chi connectivity index (χ4v) is 4.41. The highest BCUT2D eigenvalue weighted by atomic mass is 19.1. The summed E-state index contributed by atoms with van der Waals surface area (Å²) in [6.45, 7) is 4.59. The number of carbonyl (C=O) groups is 1. The van der Waals surface area contributed by atoms with Gasteiger partial charge in [0.2, 0.25) is 0 Å². The van der Waals surface area contributed by atoms with E-state index in [9.17, 15) is 19.6 Å². The number of nitrogens with zero attached hydrogens (tertiary/aromatic N) is 1. The Morgan fingerprint density at radius 2 is 1.97 bits per heavy atom. The van der Waals surface area contributed by atoms with Crippen molar-refractivity contribution in [3.8, 4) is 6.07 Å². The summed E-state index contributed by atoms with van der Waals surface area (Å²) in [5, 5.41) is 29.5. The van der Waals surface area contributed by atoms with Gasteiger partial charge in [-0.25, -0.2) is 4.39 Å². The van der Waals surface area contributed by atoms with Gasteiger partial charge in [-0.3, -0.25) is 4.79 Å². The molecule has 0 aromatic heterocycles. The Hall–Kier alpha value is -3.89. The molecule has 35 heavy (non-hydrogen) atoms. The molecule has 4 N–H and O–H groups in total. The maximum Gasteiger partial charge on any atom is 0.313 e. The second-order valence-electron chi connectivity index (χ2n) is 9.34. The van der Waals surface area contributed by atoms with Gasteiger partial charge in [0, 0.05) is 6.54 Å². The van der Waals surface area contributed by atoms with E-state index in [0.29, 0.717) is 25.1 Å². The van der Waals surface area contributed by atoms with Gasteiger partial charge in [-0.05, 0) is 67.8 Å². The van der Waals surface area contributed by atoms with Gasteiger partial charge in [0.05, 0.1) is 34.4 Å². The Bertz CT molecular complexity index is 1270. The number of halogens is 1. The number of hydrogen-bond acceptors (Lipinski definition) is 5. The Morgan fingerprint density at radius 3 is 2.71 bits per heavy atom. The molecule has 4 rings (SSSR count). The van der Waals surface area contributed by atoms with Crippen molar-refractivity contribution >= 4 is 17.3 Å². The summed E-state index contributed by atoms with van der Waals surface area (Å²) >= 11 is 0. The first-order chi connectivity index (χ1) is 16.8. The molecule has 1 aliphatic heterocycles. The molecule has 0 saturated carbocycles. The highest BCUT2D eigenvalue weighted by Gasteiger charge is 2.30. The Kier molecular flexibility index (Phi) is 7.04. The number of nitrogens with one attached hydrogen (secondary N) is 3. The molecule has 3 aromatic carbocycles. The zero-order valence-electron chi connectivity index (χ0n) is 19.8. The van der Waals surface area contributed by atoms with Crippen LogP contribution in [0.3, 0.4) is 0 Å². The van der Waals surface area contributed by atoms with Gasteiger partial charge in [-0.15, -0.1) is 0 Å². The van der Waals surface area contributed by atoms with Crippen molar-refractivity contribution in [2.24, 2.45) is 0 Å². The van der Waals surface area contributed by atoms with Crippen molar-refractivity contribution in [2.75, 3.05) is 23.7 Å². The van der Waals surface area contributed by atoms with E-state index in [1.165, 1.54) is 12.1 Å². The maximum absolute atomic E-state index is 14.1. The van der Waals surface area contributed by atoms with Crippen molar-refractivity contribution in [2.45, 2.75) is 37.8 Å². The van der Waals surface area contributed by atoms with Crippen molar-refractivity contribution < 1.29 is 14.3 Å². The normalized spacial score (nSPS) is 15.8. The molecule has 0 radical (unpaired) electrons. The maximum atomic E-state index is 14.1. The second kappa shape index (κ2) is 10.2. The largest absolute Gasteiger partial charge is 0.481 e. The van der Waals surface area contributed by atoms with E-state index < -0.39 is 11.4 Å². The average molecular weight is 473 g/mol. The SMILES string of the molecule is CC(C)(C(=O)O)c1cccc(CCN[C@H](c2cccc(F)c2)[C@H]2CNc3cccc(C#N)c3N2)c1. The van der Waals surface area contributed by atoms with Crippen LogP contribution in [-0.4, -0.2) is 30.2 Å². The van der Waals surface area contributed by atoms with Gasteiger partial charge in [0.25, 0.3) is 0 Å². The molecule has 0 fully saturated rings. The Balaban J connectivity index is 1.54. The third kappa shape index (κ3) is 5.28. The van der Waals surface area contributed by atoms with E-state index >= 15 is 0 Å². The van der Waals surface area contributed by atoms with Gasteiger partial charge in [0.1, 0.15) is 11.9 Å². The summed E-state index contributed by atoms with van der Waals surface area (Å²) in [7, 11) is 0. The summed E-state index contributed by atoms with van der Waals surface area (Å²) in [6, 6.07) is 21.6. The van der Waals surface area contributed by atoms with E-state index in [-0.39, 0.29) is 17.9 Å². The Morgan fingerprint density at radius 1 is 1.20 bits per heavy atom. The molecule has 0 amide bonds. The topological polar surface area (TPSA) is 97.2 Å². The van der Waals surface area contributed by atoms with E-state index in [1.807, 2.05) is 42.5 Å². The third-order valence-corrected chi connectivity index (χ3v) is 6.60. The van der Waals surface area contributed by atoms with Crippen molar-refractivity contribution in [3.05, 3.63) is 94.8 Å². The van der Waals surface area contributed by atoms with Crippen LogP contribution in [0, 0.1) is 17.1 Å². The zero-order valence-corrected chi connectivity index (χ0v) is 19.8. The number of carboxylic acids is 1. The average Bonchev–Trinajstić information content (AvgIpc) is 2.86. The van der Waals surface area contributed by atoms with Crippen LogP contribution in [0.1, 0.15) is 42.1 Å². The summed E-state index contributed by atoms with van der Waals surface area (Å²) in [4.78, 5) is 11.7. The molecule has 180 valence electrons. The molecule has 1 aliphatic rings. The van der Waals surface area contributed by atoms with Gasteiger partial charge < -0.3 is 21.1 Å². The minimum Gasteiger partial charge on any atom is -0.481 e. The molecule has 0 unspecified atom stereocenters. The van der Waals surface area contributed by atoms with E-state index in [0.717, 1.165) is 28.1 Å². The number of hydrogen-bond donors (Lipinski definition) is 4. The lowest BCUT2D eigenvalue weighted by atomic mass is 9.84. The molecular formula is C28H29FN4O2. The third-order valence-electron chi connectivity index (χ3n) is 6.60. The van der Waals surface area contributed by atoms with Crippen LogP contribution in [0.2, 0.25) is 0 Å². The molecule has 6 nitrogen and oxygen atoms in total. The predicted molar refractivity (Wildman–Crippen MR) is 135 cm³/mol. The fourth-order valence-electron chi connectivity index (χ4n) is 4.41. The van der Waals surface area contributed by atoms with Crippen LogP contribution in [0.5, 0.6) is 0 Å². The number of rotatable bonds is 8. The summed E-state index contributed by atoms with van der Waals surface area (Å²) in [5.74, 6) is -1.17. The number of carboxylic acid groups (broad SMARTS) is 1. The van der Waals surface area contributed by atoms with E-state index in [1.54, 1.807) is 26.0 Å². The number of fused-ring (bicyclic) bond motifs is 1. The second-order valence-corrected chi connectivity index (χ2v) is 9.34. The minimum absolute atomic E-state index is 0.129. The number of anilines is 2. The molecule has 2 atom stereocenters. The van der Waals surface area contributed by atoms with Crippen LogP contribution in [0.4, 0.5) is 15.8 Å². The first-order valence-corrected chi connectivity index (χ1v) is 11.6. The number of nitriles is 1. The molecule has 7 heteroatoms. The smallest absolute Gasteiger partial charge is 0.313 e. The molecule has 3 aromatic rings. The van der Waals surface area contributed by atoms with Gasteiger partial charge in [-0.2, -0.15) is 5.26 Å². The first-order valence-electron chi connectivity index (χ1n) is 11.6. The van der Waals surface area contributed by atoms with E-state index in [2.05, 4.69) is 22.0 Å². The van der Waals surface area contributed by atoms with Crippen LogP contribution >= 0.6 is 0 Å². The highest BCUT2D eigenvalue weighted by molar-refractivity contribution is 5.80. The number of para-hydroxylation sites is 1. The van der Waals surface area contributed by atoms with Crippen molar-refractivity contribution in [1.29, 1.82) is 5.26 Å². The standard InChI is InChI=1S/C28H29FN4O2/c1-28(2,27(34)35)21-9-3-6-18(14-21)12-13-31-25(19-7-4-10-22(29)15-19)24-17-32-23-11-5-8-20(16-30)26(23)33-24/h3-11,14-15,24-25,31-33H,12-13,17H2,1-2H3,(H,34,35)/t24-,25-/m1/s1. The lowest BCUT2D eigenvalue weighted by Crippen LogP contribution is -2.44. The zero-order chi connectivity index (χ0) is 25.0. The number of aliphatic carboxylic acids is 1. The predicted octanol–water partition coefficient (Wildman–Crippen LogP) is 4.84. The lowest BCUT2D eigenvalue weighted by molar-refractivity contribution is -0.142. The summed E-state index contributed by atoms with van der Waals surface area (Å²) in [5.41, 5.74) is 3.78. The monoisotopic (exact) mass is 472 g/mol. The lowest BCUT2D eigenvalue weighted by Gasteiger charge is -2.35. The van der Waals surface area contributed by atoms with Gasteiger partial charge in [0.15, 0.2) is 0 Å². The van der Waals surface area contributed by atoms with Crippen LogP contribution < -0.4 is 16.0 Å². The van der Waals surface area contributed by atoms with Gasteiger partial charge in [-0.1, -0.05) is 42.5 Å². The molecule has 0 aliphatic carbocycles. The van der Waals surface area contributed by atoms with Crippen LogP contribution in [-0.2, 0) is 16.6 Å². The molecule has 0 bridgehead atoms. The van der Waals surface area contributed by atoms with E-state index in [4.69, 9.17) is 0 Å². The first kappa shape index (κ1) is 24.2. The summed E-state index contributed by atoms with van der Waals surface area (Å²) < 4.78 is 14.1. The van der Waals surface area contributed by atoms with Gasteiger partial charge >= 0.3 is 5.97 Å². The van der Waals surface area contributed by atoms with Crippen LogP contribution in [0.15, 0.2) is 66.7 Å². The van der Waals surface area contributed by atoms with Crippen molar-refractivity contribution in [1.82, 2.24) is 5.32 Å². The quantitative estimate of drug-likeness (QED) is 0.375. The molecule has 1 heterocycles. The Labute approximate surface area is 204 Å². The summed E-state index contributed by atoms with van der Waals surface area (Å²) in [6.07, 6.45) is 0.676. The minimum atomic E-state index is -0.975. The highest BCUT2D eigenvalue weighted by Crippen LogP contribution is 2.33. The molecular weight excluding hydrogens is 443 g/mol.